The van der Waals surface area contributed by atoms with Crippen molar-refractivity contribution in [1.82, 2.24) is 5.32 Å². The number of hydrogen-bond acceptors (Lipinski definition) is 5. The predicted octanol–water partition coefficient (Wildman–Crippen LogP) is 3.64. The molecule has 8 heteroatoms. The molecule has 0 bridgehead atoms. The number of ether oxygens (including phenoxy) is 2. The summed E-state index contributed by atoms with van der Waals surface area (Å²) in [6, 6.07) is 2.60. The van der Waals surface area contributed by atoms with Crippen molar-refractivity contribution < 1.29 is 28.2 Å². The summed E-state index contributed by atoms with van der Waals surface area (Å²) in [5.74, 6) is -1.45. The second kappa shape index (κ2) is 9.07. The number of nitrogens with zero attached hydrogens (tertiary/aromatic N) is 1. The number of rotatable bonds is 6. The molecule has 1 aliphatic heterocycles. The zero-order valence-corrected chi connectivity index (χ0v) is 17.2. The van der Waals surface area contributed by atoms with E-state index < -0.39 is 35.6 Å². The molecule has 0 spiro atoms. The summed E-state index contributed by atoms with van der Waals surface area (Å²) < 4.78 is 24.4. The van der Waals surface area contributed by atoms with Crippen LogP contribution in [-0.2, 0) is 19.1 Å². The highest BCUT2D eigenvalue weighted by Crippen LogP contribution is 2.31. The Bertz CT molecular complexity index is 803. The van der Waals surface area contributed by atoms with Gasteiger partial charge >= 0.3 is 12.1 Å². The van der Waals surface area contributed by atoms with Gasteiger partial charge in [0.15, 0.2) is 0 Å². The van der Waals surface area contributed by atoms with Gasteiger partial charge in [-0.25, -0.2) is 14.0 Å². The molecule has 2 atom stereocenters. The highest BCUT2D eigenvalue weighted by Gasteiger charge is 2.38. The lowest BCUT2D eigenvalue weighted by molar-refractivity contribution is -0.142. The summed E-state index contributed by atoms with van der Waals surface area (Å²) >= 11 is 0. The van der Waals surface area contributed by atoms with Gasteiger partial charge in [-0.3, -0.25) is 9.69 Å². The second-order valence-electron chi connectivity index (χ2n) is 7.81. The number of anilines is 1. The molecule has 2 amide bonds. The molecule has 7 nitrogen and oxygen atoms in total. The molecule has 1 aliphatic rings. The molecular weight excluding hydrogens is 379 g/mol. The molecule has 1 heterocycles. The Morgan fingerprint density at radius 3 is 2.66 bits per heavy atom. The van der Waals surface area contributed by atoms with E-state index in [9.17, 15) is 18.8 Å². The van der Waals surface area contributed by atoms with Crippen molar-refractivity contribution in [2.75, 3.05) is 12.0 Å². The number of esters is 1. The van der Waals surface area contributed by atoms with Crippen LogP contribution in [0.4, 0.5) is 14.9 Å². The number of methoxy groups -OCH3 is 1. The first kappa shape index (κ1) is 22.4. The van der Waals surface area contributed by atoms with E-state index in [-0.39, 0.29) is 18.0 Å². The lowest BCUT2D eigenvalue weighted by atomic mass is 10.0. The van der Waals surface area contributed by atoms with Crippen LogP contribution in [0.15, 0.2) is 30.9 Å². The van der Waals surface area contributed by atoms with Gasteiger partial charge < -0.3 is 14.8 Å². The van der Waals surface area contributed by atoms with Crippen LogP contribution in [0, 0.1) is 5.82 Å². The number of amides is 2. The SMILES string of the molecule is C=CC[C@H](NC(=O)OC(C)(C)C)c1cc(F)cc(N2C(=O)CCC2C(=O)OC)c1. The molecule has 1 unspecified atom stereocenters. The Morgan fingerprint density at radius 2 is 2.07 bits per heavy atom. The monoisotopic (exact) mass is 406 g/mol. The summed E-state index contributed by atoms with van der Waals surface area (Å²) in [6.07, 6.45) is 1.71. The molecule has 0 saturated carbocycles. The molecule has 0 aromatic heterocycles. The third-order valence-electron chi connectivity index (χ3n) is 4.36. The molecule has 0 aliphatic carbocycles. The van der Waals surface area contributed by atoms with Gasteiger partial charge in [-0.15, -0.1) is 6.58 Å². The largest absolute Gasteiger partial charge is 0.467 e. The Kier molecular flexibility index (Phi) is 7.00. The van der Waals surface area contributed by atoms with Gasteiger partial charge in [-0.2, -0.15) is 0 Å². The van der Waals surface area contributed by atoms with Crippen LogP contribution in [0.3, 0.4) is 0 Å². The number of alkyl carbamates (subject to hydrolysis) is 1. The quantitative estimate of drug-likeness (QED) is 0.576. The summed E-state index contributed by atoms with van der Waals surface area (Å²) in [7, 11) is 1.24. The fraction of sp³-hybridized carbons (Fsp3) is 0.476. The van der Waals surface area contributed by atoms with Crippen LogP contribution in [0.5, 0.6) is 0 Å². The van der Waals surface area contributed by atoms with Gasteiger partial charge in [0.1, 0.15) is 17.5 Å². The molecule has 1 fully saturated rings. The first-order valence-electron chi connectivity index (χ1n) is 9.36. The molecule has 0 radical (unpaired) electrons. The zero-order valence-electron chi connectivity index (χ0n) is 17.2. The van der Waals surface area contributed by atoms with Crippen molar-refractivity contribution in [2.45, 2.75) is 57.7 Å². The lowest BCUT2D eigenvalue weighted by Gasteiger charge is -2.26. The highest BCUT2D eigenvalue weighted by atomic mass is 19.1. The van der Waals surface area contributed by atoms with Crippen molar-refractivity contribution in [3.05, 3.63) is 42.2 Å². The van der Waals surface area contributed by atoms with E-state index in [1.54, 1.807) is 32.9 Å². The van der Waals surface area contributed by atoms with Crippen LogP contribution in [0.25, 0.3) is 0 Å². The van der Waals surface area contributed by atoms with Crippen molar-refractivity contribution in [3.63, 3.8) is 0 Å². The number of halogens is 1. The van der Waals surface area contributed by atoms with Crippen molar-refractivity contribution in [2.24, 2.45) is 0 Å². The van der Waals surface area contributed by atoms with E-state index in [1.807, 2.05) is 0 Å². The normalized spacial score (nSPS) is 17.6. The number of hydrogen-bond donors (Lipinski definition) is 1. The predicted molar refractivity (Wildman–Crippen MR) is 106 cm³/mol. The number of carbonyl (C=O) groups is 3. The maximum atomic E-state index is 14.4. The van der Waals surface area contributed by atoms with Gasteiger partial charge in [-0.05, 0) is 57.4 Å². The van der Waals surface area contributed by atoms with Crippen LogP contribution >= 0.6 is 0 Å². The lowest BCUT2D eigenvalue weighted by Crippen LogP contribution is -2.39. The standard InChI is InChI=1S/C21H27FN2O5/c1-6-7-16(23-20(27)29-21(2,3)4)13-10-14(22)12-15(11-13)24-17(19(26)28-5)8-9-18(24)25/h6,10-12,16-17H,1,7-9H2,2-5H3,(H,23,27)/t16-,17?/m0/s1. The molecule has 158 valence electrons. The average Bonchev–Trinajstić information content (AvgIpc) is 3.00. The number of benzene rings is 1. The highest BCUT2D eigenvalue weighted by molar-refractivity contribution is 6.02. The van der Waals surface area contributed by atoms with Gasteiger partial charge in [0.2, 0.25) is 5.91 Å². The minimum Gasteiger partial charge on any atom is -0.467 e. The van der Waals surface area contributed by atoms with Gasteiger partial charge in [-0.1, -0.05) is 6.08 Å². The Morgan fingerprint density at radius 1 is 1.38 bits per heavy atom. The first-order valence-corrected chi connectivity index (χ1v) is 9.36. The third kappa shape index (κ3) is 5.79. The average molecular weight is 406 g/mol. The van der Waals surface area contributed by atoms with Crippen LogP contribution < -0.4 is 10.2 Å². The van der Waals surface area contributed by atoms with Crippen molar-refractivity contribution in [1.29, 1.82) is 0 Å². The van der Waals surface area contributed by atoms with E-state index in [0.29, 0.717) is 18.4 Å². The molecule has 1 aromatic carbocycles. The van der Waals surface area contributed by atoms with Gasteiger partial charge in [0.25, 0.3) is 0 Å². The second-order valence-corrected chi connectivity index (χ2v) is 7.81. The first-order chi connectivity index (χ1) is 13.6. The van der Waals surface area contributed by atoms with Gasteiger partial charge in [0, 0.05) is 12.1 Å². The number of nitrogens with one attached hydrogen (secondary N) is 1. The summed E-state index contributed by atoms with van der Waals surface area (Å²) in [5, 5.41) is 2.70. The Labute approximate surface area is 169 Å². The topological polar surface area (TPSA) is 84.9 Å². The van der Waals surface area contributed by atoms with Gasteiger partial charge in [0.05, 0.1) is 13.2 Å². The molecule has 29 heavy (non-hydrogen) atoms. The van der Waals surface area contributed by atoms with Crippen LogP contribution in [0.1, 0.15) is 51.6 Å². The summed E-state index contributed by atoms with van der Waals surface area (Å²) in [6.45, 7) is 8.89. The minimum absolute atomic E-state index is 0.165. The zero-order chi connectivity index (χ0) is 21.8. The Balaban J connectivity index is 2.36. The van der Waals surface area contributed by atoms with E-state index in [0.717, 1.165) is 0 Å². The molecular formula is C21H27FN2O5. The molecule has 1 N–H and O–H groups in total. The van der Waals surface area contributed by atoms with E-state index in [2.05, 4.69) is 11.9 Å². The fourth-order valence-electron chi connectivity index (χ4n) is 3.20. The number of carbonyl (C=O) groups excluding carboxylic acids is 3. The van der Waals surface area contributed by atoms with E-state index >= 15 is 0 Å². The molecule has 2 rings (SSSR count). The van der Waals surface area contributed by atoms with Crippen molar-refractivity contribution in [3.8, 4) is 0 Å². The maximum Gasteiger partial charge on any atom is 0.408 e. The van der Waals surface area contributed by atoms with E-state index in [1.165, 1.54) is 24.1 Å². The molecule has 1 saturated heterocycles. The Hall–Kier alpha value is -2.90. The van der Waals surface area contributed by atoms with Crippen LogP contribution in [0.2, 0.25) is 0 Å². The smallest absolute Gasteiger partial charge is 0.408 e. The molecule has 1 aromatic rings. The summed E-state index contributed by atoms with van der Waals surface area (Å²) in [5.41, 5.74) is -0.0296. The van der Waals surface area contributed by atoms with Crippen molar-refractivity contribution >= 4 is 23.7 Å². The van der Waals surface area contributed by atoms with E-state index in [4.69, 9.17) is 9.47 Å². The minimum atomic E-state index is -0.807. The fourth-order valence-corrected chi connectivity index (χ4v) is 3.20. The van der Waals surface area contributed by atoms with Crippen LogP contribution in [-0.4, -0.2) is 36.7 Å². The third-order valence-corrected chi connectivity index (χ3v) is 4.36. The maximum absolute atomic E-state index is 14.4. The summed E-state index contributed by atoms with van der Waals surface area (Å²) in [4.78, 5) is 37.8.